The maximum absolute atomic E-state index is 11.5. The van der Waals surface area contributed by atoms with E-state index in [9.17, 15) is 14.7 Å². The molecular formula is C18H21NO4S. The number of hydrogen-bond acceptors (Lipinski definition) is 5. The Morgan fingerprint density at radius 3 is 2.79 bits per heavy atom. The smallest absolute Gasteiger partial charge is 0.290 e. The Hall–Kier alpha value is -1.95. The van der Waals surface area contributed by atoms with Crippen molar-refractivity contribution < 1.29 is 19.4 Å². The maximum Gasteiger partial charge on any atom is 0.290 e. The number of aryl methyl sites for hydroxylation is 1. The van der Waals surface area contributed by atoms with Crippen LogP contribution in [0.4, 0.5) is 4.79 Å². The van der Waals surface area contributed by atoms with Gasteiger partial charge in [0.05, 0.1) is 4.91 Å². The lowest BCUT2D eigenvalue weighted by atomic mass is 9.87. The molecule has 24 heavy (non-hydrogen) atoms. The van der Waals surface area contributed by atoms with Gasteiger partial charge in [0.15, 0.2) is 0 Å². The van der Waals surface area contributed by atoms with Gasteiger partial charge in [-0.25, -0.2) is 0 Å². The van der Waals surface area contributed by atoms with Crippen molar-refractivity contribution >= 4 is 22.9 Å². The lowest BCUT2D eigenvalue weighted by Gasteiger charge is -2.37. The van der Waals surface area contributed by atoms with Gasteiger partial charge < -0.3 is 9.84 Å². The molecule has 1 unspecified atom stereocenters. The SMILES string of the molecule is Cc1c(O)cc2c(c1C)OC(C)(CC/C=C1\SC(=O)NC1=O)CC2. The number of rotatable bonds is 3. The van der Waals surface area contributed by atoms with Crippen LogP contribution in [0.3, 0.4) is 0 Å². The summed E-state index contributed by atoms with van der Waals surface area (Å²) in [7, 11) is 0. The van der Waals surface area contributed by atoms with Crippen LogP contribution in [0, 0.1) is 13.8 Å². The summed E-state index contributed by atoms with van der Waals surface area (Å²) >= 11 is 0.947. The number of nitrogens with one attached hydrogen (secondary N) is 1. The second-order valence-electron chi connectivity index (χ2n) is 6.64. The highest BCUT2D eigenvalue weighted by atomic mass is 32.2. The van der Waals surface area contributed by atoms with Gasteiger partial charge in [-0.05, 0) is 81.0 Å². The molecule has 2 aliphatic rings. The fraction of sp³-hybridized carbons (Fsp3) is 0.444. The summed E-state index contributed by atoms with van der Waals surface area (Å²) in [6.45, 7) is 5.92. The van der Waals surface area contributed by atoms with Crippen LogP contribution >= 0.6 is 11.8 Å². The number of benzene rings is 1. The highest BCUT2D eigenvalue weighted by Gasteiger charge is 2.33. The second kappa shape index (κ2) is 6.16. The predicted octanol–water partition coefficient (Wildman–Crippen LogP) is 3.74. The maximum atomic E-state index is 11.5. The molecule has 0 bridgehead atoms. The summed E-state index contributed by atoms with van der Waals surface area (Å²) in [5.41, 5.74) is 2.55. The van der Waals surface area contributed by atoms with Crippen LogP contribution in [0.2, 0.25) is 0 Å². The van der Waals surface area contributed by atoms with E-state index in [1.807, 2.05) is 19.9 Å². The standard InChI is InChI=1S/C18H21NO4S/c1-10-11(2)15-12(9-13(10)20)6-8-18(3,23-15)7-4-5-14-16(21)19-17(22)24-14/h5,9,20H,4,6-8H2,1-3H3,(H,19,21,22)/b14-5-. The Morgan fingerprint density at radius 2 is 2.12 bits per heavy atom. The number of ether oxygens (including phenoxy) is 1. The first-order valence-electron chi connectivity index (χ1n) is 8.03. The van der Waals surface area contributed by atoms with E-state index in [1.165, 1.54) is 0 Å². The molecule has 0 aliphatic carbocycles. The Labute approximate surface area is 145 Å². The fourth-order valence-electron chi connectivity index (χ4n) is 3.11. The molecule has 0 aromatic heterocycles. The van der Waals surface area contributed by atoms with Crippen molar-refractivity contribution in [1.29, 1.82) is 0 Å². The number of phenolic OH excluding ortho intramolecular Hbond substituents is 1. The molecule has 2 amide bonds. The second-order valence-corrected chi connectivity index (χ2v) is 7.65. The molecule has 1 aromatic rings. The monoisotopic (exact) mass is 347 g/mol. The number of fused-ring (bicyclic) bond motifs is 1. The zero-order chi connectivity index (χ0) is 17.5. The molecule has 1 aromatic carbocycles. The van der Waals surface area contributed by atoms with Crippen molar-refractivity contribution in [2.75, 3.05) is 0 Å². The van der Waals surface area contributed by atoms with Crippen LogP contribution in [0.1, 0.15) is 42.9 Å². The van der Waals surface area contributed by atoms with Gasteiger partial charge in [-0.3, -0.25) is 14.9 Å². The third-order valence-corrected chi connectivity index (χ3v) is 5.67. The van der Waals surface area contributed by atoms with Crippen molar-refractivity contribution in [3.8, 4) is 11.5 Å². The average molecular weight is 347 g/mol. The Kier molecular flexibility index (Phi) is 4.34. The van der Waals surface area contributed by atoms with Gasteiger partial charge in [0.2, 0.25) is 0 Å². The third kappa shape index (κ3) is 3.15. The molecule has 0 radical (unpaired) electrons. The van der Waals surface area contributed by atoms with Crippen LogP contribution in [0.5, 0.6) is 11.5 Å². The number of phenols is 1. The van der Waals surface area contributed by atoms with Crippen molar-refractivity contribution in [3.63, 3.8) is 0 Å². The molecule has 3 rings (SSSR count). The van der Waals surface area contributed by atoms with Crippen LogP contribution in [-0.2, 0) is 11.2 Å². The number of hydrogen-bond donors (Lipinski definition) is 2. The van der Waals surface area contributed by atoms with E-state index in [0.29, 0.717) is 17.1 Å². The first-order valence-corrected chi connectivity index (χ1v) is 8.85. The van der Waals surface area contributed by atoms with E-state index < -0.39 is 0 Å². The third-order valence-electron chi connectivity index (χ3n) is 4.81. The molecule has 2 heterocycles. The normalized spacial score (nSPS) is 24.7. The fourth-order valence-corrected chi connectivity index (χ4v) is 3.80. The molecule has 0 spiro atoms. The predicted molar refractivity (Wildman–Crippen MR) is 93.4 cm³/mol. The summed E-state index contributed by atoms with van der Waals surface area (Å²) < 4.78 is 6.28. The van der Waals surface area contributed by atoms with Crippen LogP contribution < -0.4 is 10.1 Å². The topological polar surface area (TPSA) is 75.6 Å². The largest absolute Gasteiger partial charge is 0.508 e. The number of carbonyl (C=O) groups is 2. The summed E-state index contributed by atoms with van der Waals surface area (Å²) in [5, 5.41) is 11.9. The van der Waals surface area contributed by atoms with Gasteiger partial charge in [-0.2, -0.15) is 0 Å². The average Bonchev–Trinajstić information content (AvgIpc) is 2.84. The lowest BCUT2D eigenvalue weighted by Crippen LogP contribution is -2.36. The van der Waals surface area contributed by atoms with Crippen LogP contribution in [-0.4, -0.2) is 21.9 Å². The molecule has 5 nitrogen and oxygen atoms in total. The molecule has 6 heteroatoms. The van der Waals surface area contributed by atoms with Gasteiger partial charge in [-0.15, -0.1) is 0 Å². The summed E-state index contributed by atoms with van der Waals surface area (Å²) in [6.07, 6.45) is 4.94. The Morgan fingerprint density at radius 1 is 1.38 bits per heavy atom. The number of allylic oxidation sites excluding steroid dienone is 1. The first kappa shape index (κ1) is 16.9. The minimum Gasteiger partial charge on any atom is -0.508 e. The number of thioether (sulfide) groups is 1. The molecule has 1 saturated heterocycles. The molecule has 1 atom stereocenters. The summed E-state index contributed by atoms with van der Waals surface area (Å²) in [5.74, 6) is 0.874. The highest BCUT2D eigenvalue weighted by Crippen LogP contribution is 2.41. The number of imide groups is 1. The minimum atomic E-state index is -0.317. The zero-order valence-corrected chi connectivity index (χ0v) is 14.9. The molecule has 2 N–H and O–H groups in total. The van der Waals surface area contributed by atoms with Gasteiger partial charge in [0.25, 0.3) is 11.1 Å². The zero-order valence-electron chi connectivity index (χ0n) is 14.1. The van der Waals surface area contributed by atoms with Gasteiger partial charge >= 0.3 is 0 Å². The summed E-state index contributed by atoms with van der Waals surface area (Å²) in [6, 6.07) is 1.80. The molecule has 2 aliphatic heterocycles. The van der Waals surface area contributed by atoms with E-state index >= 15 is 0 Å². The Bertz CT molecular complexity index is 756. The van der Waals surface area contributed by atoms with E-state index in [2.05, 4.69) is 12.2 Å². The Balaban J connectivity index is 1.72. The summed E-state index contributed by atoms with van der Waals surface area (Å²) in [4.78, 5) is 23.2. The first-order chi connectivity index (χ1) is 11.3. The molecule has 0 saturated carbocycles. The molecular weight excluding hydrogens is 326 g/mol. The van der Waals surface area contributed by atoms with Crippen molar-refractivity contribution in [2.24, 2.45) is 0 Å². The van der Waals surface area contributed by atoms with Crippen molar-refractivity contribution in [1.82, 2.24) is 5.32 Å². The number of aromatic hydroxyl groups is 1. The van der Waals surface area contributed by atoms with E-state index in [-0.39, 0.29) is 16.7 Å². The van der Waals surface area contributed by atoms with Crippen LogP contribution in [0.25, 0.3) is 0 Å². The minimum absolute atomic E-state index is 0.313. The van der Waals surface area contributed by atoms with E-state index in [0.717, 1.165) is 53.5 Å². The number of amides is 2. The van der Waals surface area contributed by atoms with Gasteiger partial charge in [0.1, 0.15) is 17.1 Å². The lowest BCUT2D eigenvalue weighted by molar-refractivity contribution is -0.115. The van der Waals surface area contributed by atoms with E-state index in [4.69, 9.17) is 4.74 Å². The van der Waals surface area contributed by atoms with Gasteiger partial charge in [0, 0.05) is 0 Å². The van der Waals surface area contributed by atoms with Crippen molar-refractivity contribution in [3.05, 3.63) is 33.7 Å². The van der Waals surface area contributed by atoms with Gasteiger partial charge in [-0.1, -0.05) is 6.08 Å². The highest BCUT2D eigenvalue weighted by molar-refractivity contribution is 8.18. The molecule has 1 fully saturated rings. The van der Waals surface area contributed by atoms with Crippen LogP contribution in [0.15, 0.2) is 17.0 Å². The molecule has 128 valence electrons. The van der Waals surface area contributed by atoms with E-state index in [1.54, 1.807) is 6.07 Å². The van der Waals surface area contributed by atoms with Crippen molar-refractivity contribution in [2.45, 2.75) is 52.1 Å². The number of carbonyl (C=O) groups excluding carboxylic acids is 2. The quantitative estimate of drug-likeness (QED) is 0.815.